The van der Waals surface area contributed by atoms with Gasteiger partial charge in [0, 0.05) is 43.2 Å². The summed E-state index contributed by atoms with van der Waals surface area (Å²) >= 11 is 0. The first kappa shape index (κ1) is 44.3. The molecule has 0 spiro atoms. The van der Waals surface area contributed by atoms with Crippen LogP contribution >= 0.6 is 21.6 Å². The molecule has 1 heterocycles. The highest BCUT2D eigenvalue weighted by atomic mass is 33.1. The maximum Gasteiger partial charge on any atom is 0.321 e. The first-order chi connectivity index (χ1) is 23.3. The van der Waals surface area contributed by atoms with Gasteiger partial charge in [-0.05, 0) is 31.6 Å². The molecule has 0 radical (unpaired) electrons. The Kier molecular flexibility index (Phi) is 19.6. The lowest BCUT2D eigenvalue weighted by Gasteiger charge is -2.29. The van der Waals surface area contributed by atoms with Crippen molar-refractivity contribution in [2.24, 2.45) is 40.7 Å². The predicted molar refractivity (Wildman–Crippen MR) is 184 cm³/mol. The minimum atomic E-state index is -1.49. The van der Waals surface area contributed by atoms with Gasteiger partial charge in [0.05, 0.1) is 37.0 Å². The number of hydrogen-bond acceptors (Lipinski definition) is 13. The fourth-order valence-electron chi connectivity index (χ4n) is 5.21. The summed E-state index contributed by atoms with van der Waals surface area (Å²) in [6.07, 6.45) is -0.953. The second kappa shape index (κ2) is 22.1. The summed E-state index contributed by atoms with van der Waals surface area (Å²) in [5.41, 5.74) is 21.8. The van der Waals surface area contributed by atoms with E-state index >= 15 is 0 Å². The van der Waals surface area contributed by atoms with Crippen LogP contribution in [0.3, 0.4) is 0 Å². The Balaban J connectivity index is 3.24. The molecule has 282 valence electrons. The van der Waals surface area contributed by atoms with Crippen molar-refractivity contribution in [3.8, 4) is 0 Å². The molecule has 0 saturated carbocycles. The molecule has 0 bridgehead atoms. The molecule has 18 nitrogen and oxygen atoms in total. The average Bonchev–Trinajstić information content (AvgIpc) is 3.52. The first-order valence-electron chi connectivity index (χ1n) is 16.0. The maximum atomic E-state index is 14.0. The molecule has 1 aliphatic heterocycles. The first-order valence-corrected chi connectivity index (χ1v) is 18.5. The predicted octanol–water partition coefficient (Wildman–Crippen LogP) is -1.88. The maximum absolute atomic E-state index is 14.0. The van der Waals surface area contributed by atoms with Crippen molar-refractivity contribution in [3.63, 3.8) is 0 Å². The van der Waals surface area contributed by atoms with Crippen LogP contribution in [-0.4, -0.2) is 117 Å². The van der Waals surface area contributed by atoms with Crippen molar-refractivity contribution < 1.29 is 53.4 Å². The molecule has 1 rings (SSSR count). The van der Waals surface area contributed by atoms with Crippen LogP contribution in [0, 0.1) is 17.8 Å². The van der Waals surface area contributed by atoms with E-state index in [0.717, 1.165) is 21.6 Å². The minimum Gasteiger partial charge on any atom is -0.481 e. The van der Waals surface area contributed by atoms with E-state index in [0.29, 0.717) is 19.3 Å². The third kappa shape index (κ3) is 16.3. The lowest BCUT2D eigenvalue weighted by atomic mass is 9.89. The SMILES string of the molecule is CC(C)C[C@H](CC(=O)[C@@H]1CCCN1C(=O)[C@H](CSSC[C@H](N)C(=O)O)CC(=O)[C@H](CC(N)=O)NC(=O)[C@@H](N)CCC(=O)O)C(=O)NCC(N)=O. The Morgan fingerprint density at radius 3 is 2.04 bits per heavy atom. The number of nitrogens with two attached hydrogens (primary N) is 4. The number of carbonyl (C=O) groups excluding carboxylic acids is 7. The number of primary amides is 2. The lowest BCUT2D eigenvalue weighted by Crippen LogP contribution is -2.51. The zero-order chi connectivity index (χ0) is 38.1. The zero-order valence-corrected chi connectivity index (χ0v) is 29.8. The second-order valence-electron chi connectivity index (χ2n) is 12.5. The summed E-state index contributed by atoms with van der Waals surface area (Å²) in [6, 6.07) is -4.91. The molecule has 0 aliphatic carbocycles. The van der Waals surface area contributed by atoms with Crippen LogP contribution in [0.2, 0.25) is 0 Å². The van der Waals surface area contributed by atoms with E-state index in [1.54, 1.807) is 0 Å². The molecule has 12 N–H and O–H groups in total. The highest BCUT2D eigenvalue weighted by molar-refractivity contribution is 8.76. The van der Waals surface area contributed by atoms with Crippen LogP contribution in [0.15, 0.2) is 0 Å². The Hall–Kier alpha value is -3.75. The van der Waals surface area contributed by atoms with Crippen molar-refractivity contribution in [2.45, 2.75) is 89.4 Å². The number of ketones is 2. The van der Waals surface area contributed by atoms with Crippen LogP contribution in [0.25, 0.3) is 0 Å². The number of amides is 5. The van der Waals surface area contributed by atoms with E-state index in [1.807, 2.05) is 13.8 Å². The van der Waals surface area contributed by atoms with E-state index in [1.165, 1.54) is 4.90 Å². The molecule has 0 aromatic rings. The second-order valence-corrected chi connectivity index (χ2v) is 15.1. The molecule has 5 amide bonds. The largest absolute Gasteiger partial charge is 0.481 e. The number of hydrogen-bond donors (Lipinski definition) is 8. The quantitative estimate of drug-likeness (QED) is 0.0374. The minimum absolute atomic E-state index is 0.0214. The molecule has 50 heavy (non-hydrogen) atoms. The van der Waals surface area contributed by atoms with E-state index in [-0.39, 0.29) is 42.6 Å². The smallest absolute Gasteiger partial charge is 0.321 e. The lowest BCUT2D eigenvalue weighted by molar-refractivity contribution is -0.142. The third-order valence-electron chi connectivity index (χ3n) is 7.75. The summed E-state index contributed by atoms with van der Waals surface area (Å²) in [7, 11) is 2.13. The van der Waals surface area contributed by atoms with E-state index in [2.05, 4.69) is 10.6 Å². The van der Waals surface area contributed by atoms with Gasteiger partial charge in [-0.3, -0.25) is 43.2 Å². The van der Waals surface area contributed by atoms with Gasteiger partial charge in [-0.2, -0.15) is 0 Å². The number of likely N-dealkylation sites (tertiary alicyclic amines) is 1. The average molecular weight is 748 g/mol. The van der Waals surface area contributed by atoms with Gasteiger partial charge >= 0.3 is 11.9 Å². The summed E-state index contributed by atoms with van der Waals surface area (Å²) < 4.78 is 0. The fourth-order valence-corrected chi connectivity index (χ4v) is 7.63. The molecular formula is C30H49N7O11S2. The van der Waals surface area contributed by atoms with Crippen LogP contribution in [-0.2, 0) is 43.2 Å². The Morgan fingerprint density at radius 2 is 1.48 bits per heavy atom. The van der Waals surface area contributed by atoms with Crippen LogP contribution in [0.4, 0.5) is 0 Å². The Labute approximate surface area is 297 Å². The van der Waals surface area contributed by atoms with Gasteiger partial charge in [0.15, 0.2) is 11.6 Å². The van der Waals surface area contributed by atoms with E-state index in [4.69, 9.17) is 33.1 Å². The van der Waals surface area contributed by atoms with Crippen molar-refractivity contribution >= 4 is 74.6 Å². The number of nitrogens with one attached hydrogen (secondary N) is 2. The molecule has 1 fully saturated rings. The number of carbonyl (C=O) groups is 9. The number of Topliss-reactive ketones (excluding diaryl/α,β-unsaturated/α-hetero) is 2. The van der Waals surface area contributed by atoms with Gasteiger partial charge in [-0.1, -0.05) is 35.4 Å². The summed E-state index contributed by atoms with van der Waals surface area (Å²) in [4.78, 5) is 113. The Morgan fingerprint density at radius 1 is 0.840 bits per heavy atom. The van der Waals surface area contributed by atoms with Crippen molar-refractivity contribution in [2.75, 3.05) is 24.6 Å². The molecule has 6 atom stereocenters. The number of nitrogens with zero attached hydrogens (tertiary/aromatic N) is 1. The highest BCUT2D eigenvalue weighted by Gasteiger charge is 2.40. The van der Waals surface area contributed by atoms with Gasteiger partial charge in [0.25, 0.3) is 0 Å². The summed E-state index contributed by atoms with van der Waals surface area (Å²) in [6.45, 7) is 3.50. The standard InChI is InChI=1S/C30H49N7O11S2/c1-15(2)8-16(27(44)35-12-25(34)41)9-23(39)21-4-3-7-37(21)29(46)17(13-49-50-14-19(32)30(47)48)10-22(38)20(11-24(33)40)36-28(45)18(31)5-6-26(42)43/h15-21H,3-14,31-32H2,1-2H3,(H2,33,40)(H2,34,41)(H,35,44)(H,36,45)(H,42,43)(H,47,48)/t16-,17+,18+,19+,20+,21+/m1/s1. The van der Waals surface area contributed by atoms with Crippen molar-refractivity contribution in [1.82, 2.24) is 15.5 Å². The van der Waals surface area contributed by atoms with Crippen LogP contribution < -0.4 is 33.6 Å². The van der Waals surface area contributed by atoms with Gasteiger partial charge in [0.2, 0.25) is 29.5 Å². The fraction of sp³-hybridized carbons (Fsp3) is 0.700. The third-order valence-corrected chi connectivity index (χ3v) is 10.3. The monoisotopic (exact) mass is 747 g/mol. The number of rotatable bonds is 25. The number of carboxylic acids is 2. The molecule has 20 heteroatoms. The van der Waals surface area contributed by atoms with Gasteiger partial charge in [-0.25, -0.2) is 0 Å². The van der Waals surface area contributed by atoms with Crippen molar-refractivity contribution in [1.29, 1.82) is 0 Å². The highest BCUT2D eigenvalue weighted by Crippen LogP contribution is 2.31. The molecule has 0 unspecified atom stereocenters. The Bertz CT molecular complexity index is 1270. The van der Waals surface area contributed by atoms with Crippen LogP contribution in [0.1, 0.15) is 65.2 Å². The molecule has 0 aromatic heterocycles. The molecule has 0 aromatic carbocycles. The molecular weight excluding hydrogens is 699 g/mol. The number of carboxylic acid groups (broad SMARTS) is 2. The molecule has 1 saturated heterocycles. The van der Waals surface area contributed by atoms with E-state index < -0.39 is 109 Å². The van der Waals surface area contributed by atoms with Gasteiger partial charge < -0.3 is 48.7 Å². The van der Waals surface area contributed by atoms with Gasteiger partial charge in [0.1, 0.15) is 6.04 Å². The number of aliphatic carboxylic acids is 2. The van der Waals surface area contributed by atoms with Crippen molar-refractivity contribution in [3.05, 3.63) is 0 Å². The van der Waals surface area contributed by atoms with Crippen LogP contribution in [0.5, 0.6) is 0 Å². The summed E-state index contributed by atoms with van der Waals surface area (Å²) in [5, 5.41) is 22.7. The zero-order valence-electron chi connectivity index (χ0n) is 28.2. The normalized spacial score (nSPS) is 17.2. The van der Waals surface area contributed by atoms with E-state index in [9.17, 15) is 43.2 Å². The topological polar surface area (TPSA) is 325 Å². The summed E-state index contributed by atoms with van der Waals surface area (Å²) in [5.74, 6) is -9.20. The molecule has 1 aliphatic rings. The van der Waals surface area contributed by atoms with Gasteiger partial charge in [-0.15, -0.1) is 0 Å².